The van der Waals surface area contributed by atoms with Gasteiger partial charge in [-0.3, -0.25) is 10.1 Å². The number of carbonyl (C=O) groups is 2. The van der Waals surface area contributed by atoms with E-state index in [1.54, 1.807) is 24.0 Å². The monoisotopic (exact) mass is 475 g/mol. The number of anilines is 1. The summed E-state index contributed by atoms with van der Waals surface area (Å²) in [7, 11) is 1.29. The van der Waals surface area contributed by atoms with Gasteiger partial charge in [-0.15, -0.1) is 0 Å². The lowest BCUT2D eigenvalue weighted by molar-refractivity contribution is -0.384. The number of carbonyl (C=O) groups excluding carboxylic acids is 2. The summed E-state index contributed by atoms with van der Waals surface area (Å²) in [6, 6.07) is 5.11. The van der Waals surface area contributed by atoms with Gasteiger partial charge in [-0.1, -0.05) is 19.9 Å². The number of esters is 1. The van der Waals surface area contributed by atoms with Crippen molar-refractivity contribution in [3.63, 3.8) is 0 Å². The van der Waals surface area contributed by atoms with Gasteiger partial charge in [0, 0.05) is 37.8 Å². The minimum Gasteiger partial charge on any atom is -0.466 e. The minimum atomic E-state index is -0.555. The fourth-order valence-electron chi connectivity index (χ4n) is 4.00. The second-order valence-electron chi connectivity index (χ2n) is 10.1. The van der Waals surface area contributed by atoms with E-state index in [1.807, 2.05) is 20.8 Å². The van der Waals surface area contributed by atoms with Gasteiger partial charge in [0.1, 0.15) is 11.3 Å². The fraction of sp³-hybridized carbons (Fsp3) is 0.600. The standard InChI is InChI=1S/C25H37N3O6/c1-17(2)16-27(20-10-12-26(13-11-20)24(30)34-25(4,5)6)21-9-8-19(15-22(21)28(31)32)18(3)14-23(29)33-7/h8-9,14-15,17,20H,10-13,16H2,1-7H3/b18-14+. The number of rotatable bonds is 7. The predicted octanol–water partition coefficient (Wildman–Crippen LogP) is 5.03. The van der Waals surface area contributed by atoms with Gasteiger partial charge in [0.2, 0.25) is 0 Å². The Morgan fingerprint density at radius 2 is 1.88 bits per heavy atom. The average molecular weight is 476 g/mol. The van der Waals surface area contributed by atoms with E-state index in [9.17, 15) is 19.7 Å². The van der Waals surface area contributed by atoms with Crippen molar-refractivity contribution in [1.29, 1.82) is 0 Å². The molecule has 0 atom stereocenters. The van der Waals surface area contributed by atoms with E-state index in [0.29, 0.717) is 49.3 Å². The molecular weight excluding hydrogens is 438 g/mol. The number of nitro groups is 1. The molecule has 0 unspecified atom stereocenters. The number of nitro benzene ring substituents is 1. The van der Waals surface area contributed by atoms with Crippen LogP contribution in [0, 0.1) is 16.0 Å². The SMILES string of the molecule is COC(=O)/C=C(\C)c1ccc(N(CC(C)C)C2CCN(C(=O)OC(C)(C)C)CC2)c([N+](=O)[O-])c1. The smallest absolute Gasteiger partial charge is 0.410 e. The van der Waals surface area contributed by atoms with E-state index in [2.05, 4.69) is 23.5 Å². The third-order valence-electron chi connectivity index (χ3n) is 5.59. The Labute approximate surface area is 201 Å². The molecule has 0 N–H and O–H groups in total. The molecule has 0 saturated carbocycles. The van der Waals surface area contributed by atoms with Crippen LogP contribution in [0.15, 0.2) is 24.3 Å². The van der Waals surface area contributed by atoms with Crippen LogP contribution in [-0.4, -0.2) is 60.3 Å². The van der Waals surface area contributed by atoms with Crippen LogP contribution in [0.2, 0.25) is 0 Å². The summed E-state index contributed by atoms with van der Waals surface area (Å²) >= 11 is 0. The number of ether oxygens (including phenoxy) is 2. The van der Waals surface area contributed by atoms with Crippen LogP contribution in [0.25, 0.3) is 5.57 Å². The zero-order chi connectivity index (χ0) is 25.6. The summed E-state index contributed by atoms with van der Waals surface area (Å²) in [5, 5.41) is 12.0. The van der Waals surface area contributed by atoms with Crippen LogP contribution in [0.5, 0.6) is 0 Å². The van der Waals surface area contributed by atoms with Crippen molar-refractivity contribution in [2.45, 2.75) is 66.0 Å². The first kappa shape index (κ1) is 27.1. The zero-order valence-corrected chi connectivity index (χ0v) is 21.3. The second-order valence-corrected chi connectivity index (χ2v) is 10.1. The summed E-state index contributed by atoms with van der Waals surface area (Å²) in [6.07, 6.45) is 2.36. The largest absolute Gasteiger partial charge is 0.466 e. The number of hydrogen-bond donors (Lipinski definition) is 0. The van der Waals surface area contributed by atoms with Crippen molar-refractivity contribution in [2.75, 3.05) is 31.6 Å². The van der Waals surface area contributed by atoms with Crippen molar-refractivity contribution >= 4 is 29.0 Å². The highest BCUT2D eigenvalue weighted by Crippen LogP contribution is 2.35. The molecule has 1 aliphatic heterocycles. The van der Waals surface area contributed by atoms with Crippen LogP contribution in [0.1, 0.15) is 59.9 Å². The Balaban J connectivity index is 2.31. The fourth-order valence-corrected chi connectivity index (χ4v) is 4.00. The number of likely N-dealkylation sites (tertiary alicyclic amines) is 1. The highest BCUT2D eigenvalue weighted by Gasteiger charge is 2.32. The van der Waals surface area contributed by atoms with E-state index < -0.39 is 11.6 Å². The van der Waals surface area contributed by atoms with Gasteiger partial charge in [0.05, 0.1) is 12.0 Å². The highest BCUT2D eigenvalue weighted by molar-refractivity contribution is 5.91. The number of piperidine rings is 1. The summed E-state index contributed by atoms with van der Waals surface area (Å²) in [5.74, 6) is -0.230. The van der Waals surface area contributed by atoms with Crippen LogP contribution in [-0.2, 0) is 14.3 Å². The van der Waals surface area contributed by atoms with Crippen LogP contribution < -0.4 is 4.90 Å². The zero-order valence-electron chi connectivity index (χ0n) is 21.3. The van der Waals surface area contributed by atoms with E-state index >= 15 is 0 Å². The molecule has 0 aliphatic carbocycles. The van der Waals surface area contributed by atoms with Crippen molar-refractivity contribution in [3.05, 3.63) is 40.0 Å². The molecule has 2 rings (SSSR count). The van der Waals surface area contributed by atoms with Gasteiger partial charge < -0.3 is 19.3 Å². The lowest BCUT2D eigenvalue weighted by atomic mass is 9.99. The van der Waals surface area contributed by atoms with Crippen LogP contribution in [0.4, 0.5) is 16.2 Å². The molecule has 9 heteroatoms. The normalized spacial score (nSPS) is 15.3. The van der Waals surface area contributed by atoms with Crippen molar-refractivity contribution in [1.82, 2.24) is 4.90 Å². The Morgan fingerprint density at radius 1 is 1.26 bits per heavy atom. The minimum absolute atomic E-state index is 0.00895. The summed E-state index contributed by atoms with van der Waals surface area (Å²) in [4.78, 5) is 39.5. The maximum atomic E-state index is 12.4. The van der Waals surface area contributed by atoms with E-state index in [1.165, 1.54) is 19.3 Å². The Bertz CT molecular complexity index is 927. The van der Waals surface area contributed by atoms with E-state index in [0.717, 1.165) is 0 Å². The van der Waals surface area contributed by atoms with Crippen LogP contribution in [0.3, 0.4) is 0 Å². The number of methoxy groups -OCH3 is 1. The number of benzene rings is 1. The molecule has 9 nitrogen and oxygen atoms in total. The maximum Gasteiger partial charge on any atom is 0.410 e. The molecule has 1 aromatic rings. The maximum absolute atomic E-state index is 12.4. The van der Waals surface area contributed by atoms with E-state index in [4.69, 9.17) is 4.74 Å². The molecule has 0 spiro atoms. The molecule has 1 aromatic carbocycles. The van der Waals surface area contributed by atoms with Gasteiger partial charge in [0.15, 0.2) is 0 Å². The molecular formula is C25H37N3O6. The van der Waals surface area contributed by atoms with Crippen molar-refractivity contribution in [2.24, 2.45) is 5.92 Å². The molecule has 0 bridgehead atoms. The van der Waals surface area contributed by atoms with Crippen LogP contribution >= 0.6 is 0 Å². The first-order valence-electron chi connectivity index (χ1n) is 11.6. The van der Waals surface area contributed by atoms with Crippen molar-refractivity contribution < 1.29 is 24.0 Å². The topological polar surface area (TPSA) is 102 Å². The second kappa shape index (κ2) is 11.4. The highest BCUT2D eigenvalue weighted by atomic mass is 16.6. The summed E-state index contributed by atoms with van der Waals surface area (Å²) in [6.45, 7) is 13.1. The number of nitrogens with zero attached hydrogens (tertiary/aromatic N) is 3. The molecule has 0 aromatic heterocycles. The number of hydrogen-bond acceptors (Lipinski definition) is 7. The van der Waals surface area contributed by atoms with Gasteiger partial charge in [0.25, 0.3) is 5.69 Å². The molecule has 1 heterocycles. The van der Waals surface area contributed by atoms with Crippen molar-refractivity contribution in [3.8, 4) is 0 Å². The van der Waals surface area contributed by atoms with Gasteiger partial charge in [-0.05, 0) is 63.7 Å². The lowest BCUT2D eigenvalue weighted by Crippen LogP contribution is -2.49. The third kappa shape index (κ3) is 7.46. The Kier molecular flexibility index (Phi) is 9.06. The molecule has 34 heavy (non-hydrogen) atoms. The molecule has 1 aliphatic rings. The van der Waals surface area contributed by atoms with Gasteiger partial charge >= 0.3 is 12.1 Å². The summed E-state index contributed by atoms with van der Waals surface area (Å²) < 4.78 is 10.2. The Morgan fingerprint density at radius 3 is 2.38 bits per heavy atom. The Hall–Kier alpha value is -3.10. The average Bonchev–Trinajstić information content (AvgIpc) is 2.75. The molecule has 0 radical (unpaired) electrons. The predicted molar refractivity (Wildman–Crippen MR) is 132 cm³/mol. The molecule has 1 amide bonds. The molecule has 1 saturated heterocycles. The first-order valence-corrected chi connectivity index (χ1v) is 11.6. The summed E-state index contributed by atoms with van der Waals surface area (Å²) in [5.41, 5.74) is 1.16. The van der Waals surface area contributed by atoms with Gasteiger partial charge in [-0.2, -0.15) is 0 Å². The molecule has 1 fully saturated rings. The third-order valence-corrected chi connectivity index (χ3v) is 5.59. The van der Waals surface area contributed by atoms with E-state index in [-0.39, 0.29) is 28.7 Å². The number of amides is 1. The first-order chi connectivity index (χ1) is 15.8. The quantitative estimate of drug-likeness (QED) is 0.236. The van der Waals surface area contributed by atoms with Gasteiger partial charge in [-0.25, -0.2) is 9.59 Å². The number of allylic oxidation sites excluding steroid dienone is 1. The lowest BCUT2D eigenvalue weighted by Gasteiger charge is -2.40. The molecule has 188 valence electrons.